The number of rotatable bonds is 46. The Bertz CT molecular complexity index is 914. The lowest BCUT2D eigenvalue weighted by molar-refractivity contribution is -0.777. The van der Waals surface area contributed by atoms with Crippen molar-refractivity contribution < 1.29 is 22.6 Å². The molecule has 0 aliphatic heterocycles. The highest BCUT2D eigenvalue weighted by Gasteiger charge is 2.27. The molecule has 5 nitrogen and oxygen atoms in total. The van der Waals surface area contributed by atoms with Gasteiger partial charge in [-0.1, -0.05) is 233 Å². The van der Waals surface area contributed by atoms with Crippen LogP contribution in [0.4, 0.5) is 0 Å². The summed E-state index contributed by atoms with van der Waals surface area (Å²) >= 11 is 0. The van der Waals surface area contributed by atoms with Crippen LogP contribution in [0.3, 0.4) is 0 Å². The minimum absolute atomic E-state index is 0.193. The summed E-state index contributed by atoms with van der Waals surface area (Å²) < 4.78 is 33.4. The first-order valence-electron chi connectivity index (χ1n) is 25.3. The minimum Gasteiger partial charge on any atom is -0.386 e. The molecular weight excluding hydrogens is 723 g/mol. The fraction of sp³-hybridized carbons (Fsp3) is 0.882. The molecule has 0 aromatic carbocycles. The molecule has 2 N–H and O–H groups in total. The van der Waals surface area contributed by atoms with E-state index in [0.29, 0.717) is 0 Å². The maximum absolute atomic E-state index is 11.8. The van der Waals surface area contributed by atoms with E-state index in [1.165, 1.54) is 212 Å². The van der Waals surface area contributed by atoms with Gasteiger partial charge < -0.3 is 5.11 Å². The first-order valence-corrected chi connectivity index (χ1v) is 26.9. The van der Waals surface area contributed by atoms with Gasteiger partial charge in [0.1, 0.15) is 37.0 Å². The largest absolute Gasteiger partial charge is 0.386 e. The molecule has 1 unspecified atom stereocenters. The lowest BCUT2D eigenvalue weighted by Gasteiger charge is -2.29. The summed E-state index contributed by atoms with van der Waals surface area (Å²) in [5.74, 6) is -0.640. The standard InChI is InChI=1S/C51H99NO4S/c1-4-7-10-13-16-19-22-25-28-31-34-37-40-43-46-52(49-51(53)50-57(54,55)56,47-44-41-38-35-32-29-26-23-20-17-14-11-8-5-2)48-45-42-39-36-33-30-27-24-21-18-15-12-9-6-3/h43-48,51,53H,4-42,49-50H2,1-3H3/p+1/b46-43+,47-44+,48-45+. The molecule has 0 heterocycles. The van der Waals surface area contributed by atoms with E-state index in [4.69, 9.17) is 0 Å². The number of allylic oxidation sites excluding steroid dienone is 3. The third-order valence-electron chi connectivity index (χ3n) is 11.8. The quantitative estimate of drug-likeness (QED) is 0.0364. The van der Waals surface area contributed by atoms with Gasteiger partial charge in [0.15, 0.2) is 0 Å². The van der Waals surface area contributed by atoms with Gasteiger partial charge in [-0.15, -0.1) is 0 Å². The number of unbranched alkanes of at least 4 members (excludes halogenated alkanes) is 36. The molecule has 0 rings (SSSR count). The number of aliphatic hydroxyl groups excluding tert-OH is 1. The summed E-state index contributed by atoms with van der Waals surface area (Å²) in [6, 6.07) is 0. The summed E-state index contributed by atoms with van der Waals surface area (Å²) in [5, 5.41) is 10.9. The van der Waals surface area contributed by atoms with Gasteiger partial charge in [0, 0.05) is 0 Å². The molecule has 0 bridgehead atoms. The summed E-state index contributed by atoms with van der Waals surface area (Å²) in [7, 11) is -4.28. The summed E-state index contributed by atoms with van der Waals surface area (Å²) in [6.07, 6.45) is 62.9. The van der Waals surface area contributed by atoms with Gasteiger partial charge in [0.2, 0.25) is 0 Å². The molecule has 0 radical (unpaired) electrons. The van der Waals surface area contributed by atoms with E-state index in [9.17, 15) is 18.1 Å². The van der Waals surface area contributed by atoms with Crippen molar-refractivity contribution in [3.05, 3.63) is 36.8 Å². The van der Waals surface area contributed by atoms with E-state index in [1.807, 2.05) is 0 Å². The molecule has 0 aliphatic carbocycles. The van der Waals surface area contributed by atoms with Crippen molar-refractivity contribution >= 4 is 10.1 Å². The van der Waals surface area contributed by atoms with E-state index in [0.717, 1.165) is 38.5 Å². The number of hydrogen-bond donors (Lipinski definition) is 2. The Balaban J connectivity index is 5.11. The highest BCUT2D eigenvalue weighted by molar-refractivity contribution is 7.85. The fourth-order valence-corrected chi connectivity index (χ4v) is 8.71. The van der Waals surface area contributed by atoms with Gasteiger partial charge in [-0.3, -0.25) is 4.55 Å². The van der Waals surface area contributed by atoms with Crippen LogP contribution in [0.5, 0.6) is 0 Å². The molecule has 0 amide bonds. The Morgan fingerprint density at radius 2 is 0.596 bits per heavy atom. The number of hydrogen-bond acceptors (Lipinski definition) is 3. The Morgan fingerprint density at radius 3 is 0.807 bits per heavy atom. The van der Waals surface area contributed by atoms with Crippen molar-refractivity contribution in [2.24, 2.45) is 0 Å². The van der Waals surface area contributed by atoms with Crippen LogP contribution in [0.2, 0.25) is 0 Å². The van der Waals surface area contributed by atoms with Crippen LogP contribution in [0.25, 0.3) is 0 Å². The second-order valence-corrected chi connectivity index (χ2v) is 19.3. The van der Waals surface area contributed by atoms with Crippen molar-refractivity contribution in [3.8, 4) is 0 Å². The zero-order valence-corrected chi connectivity index (χ0v) is 39.4. The predicted molar refractivity (Wildman–Crippen MR) is 252 cm³/mol. The second-order valence-electron chi connectivity index (χ2n) is 17.8. The highest BCUT2D eigenvalue weighted by atomic mass is 32.2. The van der Waals surface area contributed by atoms with Crippen LogP contribution in [0.1, 0.15) is 271 Å². The van der Waals surface area contributed by atoms with Crippen LogP contribution < -0.4 is 0 Å². The van der Waals surface area contributed by atoms with Gasteiger partial charge in [0.25, 0.3) is 10.1 Å². The number of quaternary nitrogens is 1. The van der Waals surface area contributed by atoms with Gasteiger partial charge in [-0.25, -0.2) is 4.48 Å². The highest BCUT2D eigenvalue weighted by Crippen LogP contribution is 2.20. The third-order valence-corrected chi connectivity index (χ3v) is 12.6. The molecule has 57 heavy (non-hydrogen) atoms. The summed E-state index contributed by atoms with van der Waals surface area (Å²) in [4.78, 5) is 0. The van der Waals surface area contributed by atoms with Crippen LogP contribution >= 0.6 is 0 Å². The monoisotopic (exact) mass is 823 g/mol. The Hall–Kier alpha value is -0.950. The van der Waals surface area contributed by atoms with Crippen LogP contribution in [-0.4, -0.2) is 41.0 Å². The molecule has 338 valence electrons. The molecule has 0 spiro atoms. The molecule has 0 aliphatic rings. The Kier molecular flexibility index (Phi) is 42.4. The van der Waals surface area contributed by atoms with Crippen LogP contribution in [-0.2, 0) is 10.1 Å². The van der Waals surface area contributed by atoms with Crippen molar-refractivity contribution in [2.45, 2.75) is 277 Å². The number of aliphatic hydroxyl groups is 1. The topological polar surface area (TPSA) is 74.6 Å². The van der Waals surface area contributed by atoms with E-state index in [2.05, 4.69) is 57.6 Å². The molecule has 0 saturated heterocycles. The number of nitrogens with zero attached hydrogens (tertiary/aromatic N) is 1. The average Bonchev–Trinajstić information content (AvgIpc) is 3.17. The van der Waals surface area contributed by atoms with Crippen molar-refractivity contribution in [3.63, 3.8) is 0 Å². The van der Waals surface area contributed by atoms with Gasteiger partial charge >= 0.3 is 0 Å². The van der Waals surface area contributed by atoms with Crippen LogP contribution in [0.15, 0.2) is 36.8 Å². The molecule has 0 saturated carbocycles. The summed E-state index contributed by atoms with van der Waals surface area (Å²) in [5.41, 5.74) is 0. The maximum Gasteiger partial charge on any atom is 0.267 e. The van der Waals surface area contributed by atoms with E-state index in [1.54, 1.807) is 0 Å². The second kappa shape index (κ2) is 43.1. The van der Waals surface area contributed by atoms with E-state index >= 15 is 0 Å². The van der Waals surface area contributed by atoms with E-state index < -0.39 is 22.0 Å². The smallest absolute Gasteiger partial charge is 0.267 e. The normalized spacial score (nSPS) is 13.3. The first-order chi connectivity index (χ1) is 27.8. The molecule has 1 atom stereocenters. The predicted octanol–water partition coefficient (Wildman–Crippen LogP) is 16.9. The van der Waals surface area contributed by atoms with Gasteiger partial charge in [0.05, 0.1) is 0 Å². The SMILES string of the molecule is CCCCCCCCCCCCCC/C=C/[N+](/C=C/CCCCCCCCCCCCCC)(/C=C/CCCCCCCCCCCCCC)CC(O)CS(=O)(=O)O. The average molecular weight is 823 g/mol. The van der Waals surface area contributed by atoms with Crippen molar-refractivity contribution in [1.82, 2.24) is 0 Å². The fourth-order valence-electron chi connectivity index (χ4n) is 8.11. The molecule has 0 fully saturated rings. The molecule has 0 aromatic rings. The Morgan fingerprint density at radius 1 is 0.386 bits per heavy atom. The van der Waals surface area contributed by atoms with Gasteiger partial charge in [-0.05, 0) is 56.8 Å². The van der Waals surface area contributed by atoms with Crippen LogP contribution in [0, 0.1) is 0 Å². The maximum atomic E-state index is 11.8. The van der Waals surface area contributed by atoms with Crippen molar-refractivity contribution in [1.29, 1.82) is 0 Å². The van der Waals surface area contributed by atoms with Gasteiger partial charge in [-0.2, -0.15) is 8.42 Å². The minimum atomic E-state index is -4.28. The zero-order chi connectivity index (χ0) is 41.8. The molecule has 0 aromatic heterocycles. The lowest BCUT2D eigenvalue weighted by atomic mass is 10.0. The molecular formula is C51H100NO4S+. The van der Waals surface area contributed by atoms with Crippen molar-refractivity contribution in [2.75, 3.05) is 12.3 Å². The summed E-state index contributed by atoms with van der Waals surface area (Å²) in [6.45, 7) is 7.03. The third kappa shape index (κ3) is 43.0. The zero-order valence-electron chi connectivity index (χ0n) is 38.6. The molecule has 6 heteroatoms. The first kappa shape index (κ1) is 56.0. The van der Waals surface area contributed by atoms with E-state index in [-0.39, 0.29) is 11.0 Å². The lowest BCUT2D eigenvalue weighted by Crippen LogP contribution is -2.41. The Labute approximate surface area is 357 Å².